The number of hydrogen-bond acceptors (Lipinski definition) is 5. The number of fused-ring (bicyclic) bond motifs is 1. The van der Waals surface area contributed by atoms with Crippen LogP contribution in [-0.2, 0) is 17.8 Å². The Morgan fingerprint density at radius 2 is 2.38 bits per heavy atom. The lowest BCUT2D eigenvalue weighted by molar-refractivity contribution is -0.117. The van der Waals surface area contributed by atoms with Crippen LogP contribution in [0.3, 0.4) is 0 Å². The van der Waals surface area contributed by atoms with Gasteiger partial charge in [0.15, 0.2) is 5.82 Å². The third-order valence-corrected chi connectivity index (χ3v) is 3.65. The van der Waals surface area contributed by atoms with E-state index in [-0.39, 0.29) is 5.91 Å². The third kappa shape index (κ3) is 3.05. The quantitative estimate of drug-likeness (QED) is 0.837. The molecule has 1 aromatic carbocycles. The number of carbonyl (C=O) groups is 1. The van der Waals surface area contributed by atoms with Gasteiger partial charge in [-0.3, -0.25) is 9.69 Å². The smallest absolute Gasteiger partial charge is 0.239 e. The molecule has 0 saturated heterocycles. The second-order valence-corrected chi connectivity index (χ2v) is 5.32. The van der Waals surface area contributed by atoms with Gasteiger partial charge in [0.2, 0.25) is 5.91 Å². The molecule has 2 aromatic rings. The third-order valence-electron chi connectivity index (χ3n) is 3.65. The zero-order valence-electron chi connectivity index (χ0n) is 11.9. The number of nitrogens with zero attached hydrogens (tertiary/aromatic N) is 2. The van der Waals surface area contributed by atoms with Crippen molar-refractivity contribution in [2.24, 2.45) is 0 Å². The number of hydrogen-bond donors (Lipinski definition) is 2. The average molecular weight is 286 g/mol. The van der Waals surface area contributed by atoms with Gasteiger partial charge >= 0.3 is 0 Å². The average Bonchev–Trinajstić information content (AvgIpc) is 2.85. The highest BCUT2D eigenvalue weighted by Crippen LogP contribution is 2.24. The Morgan fingerprint density at radius 3 is 3.14 bits per heavy atom. The van der Waals surface area contributed by atoms with Crippen molar-refractivity contribution in [1.82, 2.24) is 10.1 Å². The van der Waals surface area contributed by atoms with Crippen molar-refractivity contribution in [3.8, 4) is 0 Å². The molecule has 1 aromatic heterocycles. The number of nitrogens with two attached hydrogens (primary N) is 1. The van der Waals surface area contributed by atoms with Crippen LogP contribution in [0.4, 0.5) is 11.5 Å². The Labute approximate surface area is 122 Å². The van der Waals surface area contributed by atoms with E-state index >= 15 is 0 Å². The molecule has 1 aliphatic heterocycles. The lowest BCUT2D eigenvalue weighted by Gasteiger charge is -2.28. The topological polar surface area (TPSA) is 84.4 Å². The van der Waals surface area contributed by atoms with E-state index in [1.54, 1.807) is 13.0 Å². The summed E-state index contributed by atoms with van der Waals surface area (Å²) in [5.74, 6) is 1.03. The van der Waals surface area contributed by atoms with E-state index in [4.69, 9.17) is 10.3 Å². The Morgan fingerprint density at radius 1 is 1.52 bits per heavy atom. The van der Waals surface area contributed by atoms with E-state index in [0.29, 0.717) is 24.7 Å². The first-order valence-electron chi connectivity index (χ1n) is 6.93. The number of aromatic nitrogens is 1. The van der Waals surface area contributed by atoms with E-state index < -0.39 is 0 Å². The van der Waals surface area contributed by atoms with Crippen LogP contribution >= 0.6 is 0 Å². The number of rotatable bonds is 3. The van der Waals surface area contributed by atoms with Crippen LogP contribution < -0.4 is 11.1 Å². The van der Waals surface area contributed by atoms with Crippen LogP contribution in [0.15, 0.2) is 28.8 Å². The largest absolute Gasteiger partial charge is 0.398 e. The molecule has 0 aliphatic carbocycles. The molecule has 0 spiro atoms. The first-order valence-corrected chi connectivity index (χ1v) is 6.93. The lowest BCUT2D eigenvalue weighted by Crippen LogP contribution is -2.37. The summed E-state index contributed by atoms with van der Waals surface area (Å²) in [4.78, 5) is 14.1. The van der Waals surface area contributed by atoms with Gasteiger partial charge in [-0.25, -0.2) is 0 Å². The molecule has 3 rings (SSSR count). The predicted octanol–water partition coefficient (Wildman–Crippen LogP) is 1.56. The molecular formula is C15H18N4O2. The molecule has 6 heteroatoms. The van der Waals surface area contributed by atoms with Crippen molar-refractivity contribution in [2.45, 2.75) is 19.9 Å². The maximum absolute atomic E-state index is 12.0. The maximum Gasteiger partial charge on any atom is 0.239 e. The fraction of sp³-hybridized carbons (Fsp3) is 0.333. The van der Waals surface area contributed by atoms with E-state index in [9.17, 15) is 4.79 Å². The molecule has 1 amide bonds. The van der Waals surface area contributed by atoms with E-state index in [0.717, 1.165) is 24.2 Å². The Bertz CT molecular complexity index is 665. The molecule has 0 saturated carbocycles. The van der Waals surface area contributed by atoms with Gasteiger partial charge in [0.25, 0.3) is 0 Å². The molecule has 0 fully saturated rings. The van der Waals surface area contributed by atoms with E-state index in [2.05, 4.69) is 21.4 Å². The molecule has 21 heavy (non-hydrogen) atoms. The van der Waals surface area contributed by atoms with Crippen LogP contribution in [0.25, 0.3) is 0 Å². The number of nitrogen functional groups attached to an aromatic ring is 1. The molecule has 2 heterocycles. The van der Waals surface area contributed by atoms with Crippen LogP contribution in [-0.4, -0.2) is 29.1 Å². The van der Waals surface area contributed by atoms with Crippen LogP contribution in [0.5, 0.6) is 0 Å². The summed E-state index contributed by atoms with van der Waals surface area (Å²) in [5.41, 5.74) is 9.22. The Hall–Kier alpha value is -2.34. The Balaban J connectivity index is 1.62. The highest BCUT2D eigenvalue weighted by atomic mass is 16.5. The maximum atomic E-state index is 12.0. The lowest BCUT2D eigenvalue weighted by atomic mass is 9.98. The minimum absolute atomic E-state index is 0.0961. The summed E-state index contributed by atoms with van der Waals surface area (Å²) in [5, 5.41) is 6.49. The minimum Gasteiger partial charge on any atom is -0.398 e. The van der Waals surface area contributed by atoms with Gasteiger partial charge < -0.3 is 15.6 Å². The molecular weight excluding hydrogens is 268 g/mol. The highest BCUT2D eigenvalue weighted by molar-refractivity contribution is 5.91. The number of benzene rings is 1. The first kappa shape index (κ1) is 13.6. The van der Waals surface area contributed by atoms with Gasteiger partial charge in [-0.2, -0.15) is 0 Å². The number of amides is 1. The van der Waals surface area contributed by atoms with Crippen molar-refractivity contribution >= 4 is 17.4 Å². The van der Waals surface area contributed by atoms with Gasteiger partial charge in [0.05, 0.1) is 6.54 Å². The number of aryl methyl sites for hydroxylation is 1. The predicted molar refractivity (Wildman–Crippen MR) is 79.7 cm³/mol. The van der Waals surface area contributed by atoms with E-state index in [1.165, 1.54) is 5.56 Å². The fourth-order valence-corrected chi connectivity index (χ4v) is 2.61. The normalized spacial score (nSPS) is 14.7. The minimum atomic E-state index is -0.0961. The molecule has 3 N–H and O–H groups in total. The second kappa shape index (κ2) is 5.57. The Kier molecular flexibility index (Phi) is 3.62. The molecule has 1 aliphatic rings. The highest BCUT2D eigenvalue weighted by Gasteiger charge is 2.20. The zero-order chi connectivity index (χ0) is 14.8. The van der Waals surface area contributed by atoms with Crippen molar-refractivity contribution in [1.29, 1.82) is 0 Å². The fourth-order valence-electron chi connectivity index (χ4n) is 2.61. The molecule has 0 unspecified atom stereocenters. The van der Waals surface area contributed by atoms with Gasteiger partial charge in [-0.05, 0) is 30.5 Å². The van der Waals surface area contributed by atoms with Gasteiger partial charge in [0.1, 0.15) is 5.76 Å². The standard InChI is InChI=1S/C15H18N4O2/c1-10-7-14(18-21-10)17-15(20)9-19-6-5-11-3-2-4-13(16)12(11)8-19/h2-4,7H,5-6,8-9,16H2,1H3,(H,17,18,20). The van der Waals surface area contributed by atoms with Crippen LogP contribution in [0.1, 0.15) is 16.9 Å². The van der Waals surface area contributed by atoms with Crippen molar-refractivity contribution in [2.75, 3.05) is 24.1 Å². The van der Waals surface area contributed by atoms with Crippen molar-refractivity contribution in [3.63, 3.8) is 0 Å². The summed E-state index contributed by atoms with van der Waals surface area (Å²) in [6.07, 6.45) is 0.913. The monoisotopic (exact) mass is 286 g/mol. The number of nitrogens with one attached hydrogen (secondary N) is 1. The summed E-state index contributed by atoms with van der Waals surface area (Å²) >= 11 is 0. The van der Waals surface area contributed by atoms with Gasteiger partial charge in [-0.15, -0.1) is 0 Å². The first-order chi connectivity index (χ1) is 10.1. The SMILES string of the molecule is Cc1cc(NC(=O)CN2CCc3cccc(N)c3C2)no1. The van der Waals surface area contributed by atoms with E-state index in [1.807, 2.05) is 12.1 Å². The van der Waals surface area contributed by atoms with Gasteiger partial charge in [0, 0.05) is 24.8 Å². The van der Waals surface area contributed by atoms with Crippen molar-refractivity contribution < 1.29 is 9.32 Å². The molecule has 6 nitrogen and oxygen atoms in total. The second-order valence-electron chi connectivity index (χ2n) is 5.32. The molecule has 0 bridgehead atoms. The van der Waals surface area contributed by atoms with Crippen LogP contribution in [0, 0.1) is 6.92 Å². The molecule has 0 radical (unpaired) electrons. The summed E-state index contributed by atoms with van der Waals surface area (Å²) in [6.45, 7) is 3.65. The number of carbonyl (C=O) groups excluding carboxylic acids is 1. The summed E-state index contributed by atoms with van der Waals surface area (Å²) in [7, 11) is 0. The number of anilines is 2. The van der Waals surface area contributed by atoms with Gasteiger partial charge in [-0.1, -0.05) is 17.3 Å². The molecule has 0 atom stereocenters. The van der Waals surface area contributed by atoms with Crippen LogP contribution in [0.2, 0.25) is 0 Å². The molecule has 110 valence electrons. The van der Waals surface area contributed by atoms with Crippen molar-refractivity contribution in [3.05, 3.63) is 41.2 Å². The summed E-state index contributed by atoms with van der Waals surface area (Å²) < 4.78 is 4.92. The zero-order valence-corrected chi connectivity index (χ0v) is 11.9. The summed E-state index contributed by atoms with van der Waals surface area (Å²) in [6, 6.07) is 7.67.